The van der Waals surface area contributed by atoms with Gasteiger partial charge in [-0.2, -0.15) is 0 Å². The van der Waals surface area contributed by atoms with Gasteiger partial charge in [-0.05, 0) is 37.0 Å². The van der Waals surface area contributed by atoms with Crippen LogP contribution >= 0.6 is 11.3 Å². The third kappa shape index (κ3) is 3.15. The Morgan fingerprint density at radius 2 is 1.91 bits per heavy atom. The largest absolute Gasteiger partial charge is 0.490 e. The van der Waals surface area contributed by atoms with Crippen LogP contribution in [-0.4, -0.2) is 31.3 Å². The molecule has 3 heterocycles. The summed E-state index contributed by atoms with van der Waals surface area (Å²) < 4.78 is 11.5. The molecule has 4 nitrogen and oxygen atoms in total. The summed E-state index contributed by atoms with van der Waals surface area (Å²) in [5, 5.41) is 3.28. The second-order valence-corrected chi connectivity index (χ2v) is 7.23. The lowest BCUT2D eigenvalue weighted by Crippen LogP contribution is -2.32. The molecule has 0 atom stereocenters. The van der Waals surface area contributed by atoms with Gasteiger partial charge in [0, 0.05) is 30.5 Å². The molecule has 2 aliphatic rings. The number of piperidine rings is 1. The van der Waals surface area contributed by atoms with Crippen molar-refractivity contribution in [2.45, 2.75) is 26.2 Å². The van der Waals surface area contributed by atoms with Crippen molar-refractivity contribution in [2.24, 2.45) is 5.92 Å². The van der Waals surface area contributed by atoms with Crippen LogP contribution in [0.3, 0.4) is 0 Å². The van der Waals surface area contributed by atoms with Crippen LogP contribution in [0.4, 0.5) is 5.13 Å². The van der Waals surface area contributed by atoms with Gasteiger partial charge in [0.05, 0.1) is 18.9 Å². The Kier molecular flexibility index (Phi) is 4.12. The molecule has 0 unspecified atom stereocenters. The summed E-state index contributed by atoms with van der Waals surface area (Å²) in [4.78, 5) is 7.26. The van der Waals surface area contributed by atoms with Crippen molar-refractivity contribution in [3.05, 3.63) is 23.6 Å². The maximum absolute atomic E-state index is 5.79. The molecular formula is C18H22N2O2S. The van der Waals surface area contributed by atoms with Gasteiger partial charge >= 0.3 is 0 Å². The fourth-order valence-electron chi connectivity index (χ4n) is 3.06. The Balaban J connectivity index is 1.56. The summed E-state index contributed by atoms with van der Waals surface area (Å²) in [5.41, 5.74) is 2.13. The first-order valence-electron chi connectivity index (χ1n) is 8.40. The molecule has 23 heavy (non-hydrogen) atoms. The number of fused-ring (bicyclic) bond motifs is 1. The number of thiazole rings is 1. The van der Waals surface area contributed by atoms with Crippen LogP contribution in [0.2, 0.25) is 0 Å². The van der Waals surface area contributed by atoms with Gasteiger partial charge in [-0.1, -0.05) is 6.92 Å². The predicted molar refractivity (Wildman–Crippen MR) is 93.8 cm³/mol. The van der Waals surface area contributed by atoms with E-state index in [-0.39, 0.29) is 0 Å². The van der Waals surface area contributed by atoms with Gasteiger partial charge < -0.3 is 14.4 Å². The van der Waals surface area contributed by atoms with Crippen LogP contribution in [0, 0.1) is 5.92 Å². The highest BCUT2D eigenvalue weighted by molar-refractivity contribution is 7.14. The number of nitrogens with zero attached hydrogens (tertiary/aromatic N) is 2. The lowest BCUT2D eigenvalue weighted by atomic mass is 10.00. The van der Waals surface area contributed by atoms with Crippen molar-refractivity contribution in [3.63, 3.8) is 0 Å². The van der Waals surface area contributed by atoms with Crippen LogP contribution in [0.5, 0.6) is 11.5 Å². The van der Waals surface area contributed by atoms with E-state index in [1.54, 1.807) is 11.3 Å². The molecule has 0 spiro atoms. The van der Waals surface area contributed by atoms with Crippen molar-refractivity contribution in [1.29, 1.82) is 0 Å². The molecule has 0 radical (unpaired) electrons. The van der Waals surface area contributed by atoms with Crippen LogP contribution in [0.1, 0.15) is 26.2 Å². The van der Waals surface area contributed by atoms with E-state index in [9.17, 15) is 0 Å². The number of rotatable bonds is 2. The fraction of sp³-hybridized carbons (Fsp3) is 0.500. The molecule has 2 aromatic rings. The van der Waals surface area contributed by atoms with Crippen molar-refractivity contribution < 1.29 is 9.47 Å². The predicted octanol–water partition coefficient (Wildman–Crippen LogP) is 4.21. The van der Waals surface area contributed by atoms with Gasteiger partial charge in [0.15, 0.2) is 16.6 Å². The zero-order valence-corrected chi connectivity index (χ0v) is 14.3. The summed E-state index contributed by atoms with van der Waals surface area (Å²) in [6.45, 7) is 6.01. The van der Waals surface area contributed by atoms with Crippen molar-refractivity contribution in [1.82, 2.24) is 4.98 Å². The van der Waals surface area contributed by atoms with Crippen molar-refractivity contribution >= 4 is 16.5 Å². The minimum absolute atomic E-state index is 0.713. The molecule has 0 saturated carbocycles. The van der Waals surface area contributed by atoms with Crippen molar-refractivity contribution in [2.75, 3.05) is 31.2 Å². The first-order valence-corrected chi connectivity index (χ1v) is 9.28. The van der Waals surface area contributed by atoms with Crippen molar-refractivity contribution in [3.8, 4) is 22.8 Å². The Labute approximate surface area is 141 Å². The molecular weight excluding hydrogens is 308 g/mol. The maximum atomic E-state index is 5.79. The summed E-state index contributed by atoms with van der Waals surface area (Å²) in [6, 6.07) is 6.12. The van der Waals surface area contributed by atoms with Gasteiger partial charge in [0.2, 0.25) is 0 Å². The molecule has 0 N–H and O–H groups in total. The molecule has 0 bridgehead atoms. The normalized spacial score (nSPS) is 18.7. The van der Waals surface area contributed by atoms with E-state index in [0.717, 1.165) is 59.9 Å². The molecule has 122 valence electrons. The summed E-state index contributed by atoms with van der Waals surface area (Å²) >= 11 is 1.74. The van der Waals surface area contributed by atoms with Gasteiger partial charge in [0.1, 0.15) is 0 Å². The van der Waals surface area contributed by atoms with Gasteiger partial charge in [-0.25, -0.2) is 4.98 Å². The van der Waals surface area contributed by atoms with E-state index in [1.807, 2.05) is 6.07 Å². The van der Waals surface area contributed by atoms with Crippen LogP contribution in [0.15, 0.2) is 23.6 Å². The lowest BCUT2D eigenvalue weighted by molar-refractivity contribution is 0.297. The second-order valence-electron chi connectivity index (χ2n) is 6.40. The van der Waals surface area contributed by atoms with Crippen LogP contribution < -0.4 is 14.4 Å². The molecule has 5 heteroatoms. The molecule has 4 rings (SSSR count). The quantitative estimate of drug-likeness (QED) is 0.826. The Hall–Kier alpha value is -1.75. The Morgan fingerprint density at radius 3 is 2.74 bits per heavy atom. The molecule has 1 fully saturated rings. The van der Waals surface area contributed by atoms with E-state index >= 15 is 0 Å². The summed E-state index contributed by atoms with van der Waals surface area (Å²) in [6.07, 6.45) is 3.45. The molecule has 1 saturated heterocycles. The number of hydrogen-bond acceptors (Lipinski definition) is 5. The zero-order valence-electron chi connectivity index (χ0n) is 13.5. The SMILES string of the molecule is CC1CCN(c2nc(-c3ccc4c(c3)OCCCO4)cs2)CC1. The molecule has 2 aliphatic heterocycles. The number of benzene rings is 1. The topological polar surface area (TPSA) is 34.6 Å². The summed E-state index contributed by atoms with van der Waals surface area (Å²) in [7, 11) is 0. The molecule has 0 aliphatic carbocycles. The standard InChI is InChI=1S/C18H22N2O2S/c1-13-5-7-20(8-6-13)18-19-15(12-23-18)14-3-4-16-17(11-14)22-10-2-9-21-16/h3-4,11-13H,2,5-10H2,1H3. The Morgan fingerprint density at radius 1 is 1.13 bits per heavy atom. The van der Waals surface area contributed by atoms with Gasteiger partial charge in [-0.3, -0.25) is 0 Å². The van der Waals surface area contributed by atoms with E-state index in [1.165, 1.54) is 12.8 Å². The Bertz CT molecular complexity index is 677. The highest BCUT2D eigenvalue weighted by atomic mass is 32.1. The first-order chi connectivity index (χ1) is 11.3. The highest BCUT2D eigenvalue weighted by Crippen LogP contribution is 2.36. The second kappa shape index (κ2) is 6.40. The molecule has 1 aromatic carbocycles. The zero-order chi connectivity index (χ0) is 15.6. The van der Waals surface area contributed by atoms with Gasteiger partial charge in [-0.15, -0.1) is 11.3 Å². The highest BCUT2D eigenvalue weighted by Gasteiger charge is 2.19. The maximum Gasteiger partial charge on any atom is 0.185 e. The molecule has 0 amide bonds. The minimum Gasteiger partial charge on any atom is -0.490 e. The monoisotopic (exact) mass is 330 g/mol. The average Bonchev–Trinajstić information content (AvgIpc) is 2.94. The van der Waals surface area contributed by atoms with Crippen LogP contribution in [0.25, 0.3) is 11.3 Å². The number of hydrogen-bond donors (Lipinski definition) is 0. The van der Waals surface area contributed by atoms with Crippen LogP contribution in [-0.2, 0) is 0 Å². The van der Waals surface area contributed by atoms with E-state index in [4.69, 9.17) is 14.5 Å². The van der Waals surface area contributed by atoms with E-state index in [0.29, 0.717) is 6.61 Å². The smallest absolute Gasteiger partial charge is 0.185 e. The fourth-order valence-corrected chi connectivity index (χ4v) is 3.95. The third-order valence-electron chi connectivity index (χ3n) is 4.59. The minimum atomic E-state index is 0.713. The third-order valence-corrected chi connectivity index (χ3v) is 5.49. The lowest BCUT2D eigenvalue weighted by Gasteiger charge is -2.29. The summed E-state index contributed by atoms with van der Waals surface area (Å²) in [5.74, 6) is 2.51. The molecule has 1 aromatic heterocycles. The van der Waals surface area contributed by atoms with E-state index < -0.39 is 0 Å². The van der Waals surface area contributed by atoms with Gasteiger partial charge in [0.25, 0.3) is 0 Å². The number of aromatic nitrogens is 1. The average molecular weight is 330 g/mol. The number of anilines is 1. The van der Waals surface area contributed by atoms with E-state index in [2.05, 4.69) is 29.3 Å². The first kappa shape index (κ1) is 14.8. The number of ether oxygens (including phenoxy) is 2.